The second-order valence-corrected chi connectivity index (χ2v) is 14.2. The van der Waals surface area contributed by atoms with E-state index in [-0.39, 0.29) is 17.9 Å². The average molecular weight is 625 g/mol. The molecule has 214 valence electrons. The van der Waals surface area contributed by atoms with Crippen molar-refractivity contribution in [2.75, 3.05) is 25.5 Å². The van der Waals surface area contributed by atoms with Gasteiger partial charge in [-0.2, -0.15) is 0 Å². The zero-order chi connectivity index (χ0) is 29.6. The van der Waals surface area contributed by atoms with E-state index < -0.39 is 21.2 Å². The fourth-order valence-electron chi connectivity index (χ4n) is 5.62. The van der Waals surface area contributed by atoms with Gasteiger partial charge < -0.3 is 0 Å². The number of carbonyl (C=O) groups excluding carboxylic acids is 2. The van der Waals surface area contributed by atoms with E-state index in [1.54, 1.807) is 31.4 Å². The number of aromatic nitrogens is 4. The SMILES string of the molecule is CN(C)C(=O)c1cc2cnc([AsH]c3ccc(N4CC5CCC(CC4=O)N5)cn3)nc2n1-c1ccc(C(C)(C)C#N)cc1. The summed E-state index contributed by atoms with van der Waals surface area (Å²) in [6.45, 7) is 4.43. The van der Waals surface area contributed by atoms with Crippen molar-refractivity contribution >= 4 is 53.4 Å². The van der Waals surface area contributed by atoms with Gasteiger partial charge in [-0.15, -0.1) is 0 Å². The number of hydrogen-bond acceptors (Lipinski definition) is 7. The Balaban J connectivity index is 1.31. The second kappa shape index (κ2) is 11.0. The summed E-state index contributed by atoms with van der Waals surface area (Å²) in [7, 11) is 3.45. The summed E-state index contributed by atoms with van der Waals surface area (Å²) in [5.41, 5.74) is 3.01. The van der Waals surface area contributed by atoms with Crippen molar-refractivity contribution < 1.29 is 9.59 Å². The molecular formula is C31H33AsN8O2. The fraction of sp³-hybridized carbons (Fsp3) is 0.355. The topological polar surface area (TPSA) is 120 Å². The number of fused-ring (bicyclic) bond motifs is 3. The fourth-order valence-corrected chi connectivity index (χ4v) is 7.33. The molecule has 2 saturated heterocycles. The molecule has 2 aliphatic rings. The monoisotopic (exact) mass is 624 g/mol. The van der Waals surface area contributed by atoms with Crippen molar-refractivity contribution in [3.63, 3.8) is 0 Å². The van der Waals surface area contributed by atoms with Crippen LogP contribution in [-0.4, -0.2) is 84.7 Å². The van der Waals surface area contributed by atoms with Crippen molar-refractivity contribution in [2.45, 2.75) is 50.6 Å². The van der Waals surface area contributed by atoms with E-state index in [9.17, 15) is 14.9 Å². The van der Waals surface area contributed by atoms with Crippen LogP contribution in [0.2, 0.25) is 0 Å². The van der Waals surface area contributed by atoms with Gasteiger partial charge in [-0.05, 0) is 0 Å². The van der Waals surface area contributed by atoms with Crippen LogP contribution in [0.25, 0.3) is 16.7 Å². The minimum absolute atomic E-state index is 0.141. The van der Waals surface area contributed by atoms with Crippen molar-refractivity contribution in [1.29, 1.82) is 5.26 Å². The Morgan fingerprint density at radius 1 is 1.07 bits per heavy atom. The molecule has 4 aromatic rings. The Morgan fingerprint density at radius 3 is 2.50 bits per heavy atom. The van der Waals surface area contributed by atoms with Gasteiger partial charge in [0, 0.05) is 0 Å². The first kappa shape index (κ1) is 28.1. The van der Waals surface area contributed by atoms with Gasteiger partial charge in [0.05, 0.1) is 0 Å². The van der Waals surface area contributed by atoms with Gasteiger partial charge in [-0.3, -0.25) is 0 Å². The molecule has 0 saturated carbocycles. The van der Waals surface area contributed by atoms with Gasteiger partial charge in [0.1, 0.15) is 0 Å². The number of pyridine rings is 1. The number of nitrogens with zero attached hydrogens (tertiary/aromatic N) is 7. The molecule has 1 aromatic carbocycles. The van der Waals surface area contributed by atoms with E-state index in [2.05, 4.69) is 16.4 Å². The van der Waals surface area contributed by atoms with Crippen LogP contribution in [0, 0.1) is 11.3 Å². The first-order chi connectivity index (χ1) is 20.1. The average Bonchev–Trinajstić information content (AvgIpc) is 3.55. The van der Waals surface area contributed by atoms with Crippen LogP contribution in [0.15, 0.2) is 54.9 Å². The third kappa shape index (κ3) is 5.30. The van der Waals surface area contributed by atoms with Crippen LogP contribution in [0.5, 0.6) is 0 Å². The molecule has 2 fully saturated rings. The van der Waals surface area contributed by atoms with Crippen molar-refractivity contribution in [2.24, 2.45) is 0 Å². The Morgan fingerprint density at radius 2 is 1.81 bits per heavy atom. The molecule has 0 aliphatic carbocycles. The minimum atomic E-state index is -0.985. The molecule has 11 heteroatoms. The molecule has 2 bridgehead atoms. The number of carbonyl (C=O) groups is 2. The second-order valence-electron chi connectivity index (χ2n) is 11.7. The van der Waals surface area contributed by atoms with Crippen LogP contribution in [0.3, 0.4) is 0 Å². The molecule has 0 radical (unpaired) electrons. The van der Waals surface area contributed by atoms with E-state index in [0.29, 0.717) is 35.0 Å². The summed E-state index contributed by atoms with van der Waals surface area (Å²) in [6, 6.07) is 16.4. The van der Waals surface area contributed by atoms with E-state index in [1.807, 2.05) is 65.8 Å². The number of hydrogen-bond donors (Lipinski definition) is 1. The van der Waals surface area contributed by atoms with E-state index in [1.165, 1.54) is 0 Å². The van der Waals surface area contributed by atoms with Crippen LogP contribution in [0.4, 0.5) is 5.69 Å². The summed E-state index contributed by atoms with van der Waals surface area (Å²) in [6.07, 6.45) is 6.24. The first-order valence-electron chi connectivity index (χ1n) is 14.0. The third-order valence-electron chi connectivity index (χ3n) is 8.05. The summed E-state index contributed by atoms with van der Waals surface area (Å²) < 4.78 is 3.47. The first-order valence-corrected chi connectivity index (χ1v) is 16.1. The van der Waals surface area contributed by atoms with Crippen LogP contribution in [-0.2, 0) is 10.2 Å². The molecule has 10 nitrogen and oxygen atoms in total. The van der Waals surface area contributed by atoms with Gasteiger partial charge in [0.25, 0.3) is 0 Å². The predicted molar refractivity (Wildman–Crippen MR) is 163 cm³/mol. The van der Waals surface area contributed by atoms with E-state index in [4.69, 9.17) is 9.97 Å². The van der Waals surface area contributed by atoms with E-state index >= 15 is 0 Å². The molecule has 42 heavy (non-hydrogen) atoms. The Hall–Kier alpha value is -4.06. The van der Waals surface area contributed by atoms with Crippen LogP contribution >= 0.6 is 0 Å². The zero-order valence-corrected chi connectivity index (χ0v) is 26.2. The molecule has 5 heterocycles. The molecule has 3 unspecified atom stereocenters. The number of nitrogens with one attached hydrogen (secondary N) is 1. The van der Waals surface area contributed by atoms with Gasteiger partial charge >= 0.3 is 252 Å². The zero-order valence-electron chi connectivity index (χ0n) is 24.1. The summed E-state index contributed by atoms with van der Waals surface area (Å²) in [4.78, 5) is 43.7. The quantitative estimate of drug-likeness (QED) is 0.324. The Kier molecular flexibility index (Phi) is 7.34. The molecule has 1 N–H and O–H groups in total. The molecule has 6 rings (SSSR count). The number of anilines is 1. The van der Waals surface area contributed by atoms with Crippen molar-refractivity contribution in [1.82, 2.24) is 29.7 Å². The van der Waals surface area contributed by atoms with Gasteiger partial charge in [-0.1, -0.05) is 0 Å². The Labute approximate surface area is 251 Å². The molecular weight excluding hydrogens is 591 g/mol. The van der Waals surface area contributed by atoms with Gasteiger partial charge in [0.15, 0.2) is 0 Å². The number of rotatable bonds is 6. The van der Waals surface area contributed by atoms with E-state index in [0.717, 1.165) is 39.6 Å². The van der Waals surface area contributed by atoms with Crippen molar-refractivity contribution in [3.8, 4) is 11.8 Å². The maximum absolute atomic E-state index is 13.2. The maximum atomic E-state index is 13.2. The third-order valence-corrected chi connectivity index (χ3v) is 10.2. The normalized spacial score (nSPS) is 18.9. The van der Waals surface area contributed by atoms with Gasteiger partial charge in [0.2, 0.25) is 0 Å². The number of benzene rings is 1. The standard InChI is InChI=1S/C31H33AsN8O2/c1-31(2,18-33)20-5-9-23(10-6-20)40-25(29(42)38(3)4)13-19-15-35-30(37-28(19)40)32-26-12-11-24(16-34-26)39-17-22-8-7-21(36-22)14-27(39)41/h5-6,9-13,15-16,21-22,32,36H,7-8,14,17H2,1-4H3. The van der Waals surface area contributed by atoms with Gasteiger partial charge in [-0.25, -0.2) is 0 Å². The number of nitriles is 1. The molecule has 0 spiro atoms. The Bertz CT molecular complexity index is 1710. The molecule has 3 aromatic heterocycles. The van der Waals surface area contributed by atoms with Crippen LogP contribution < -0.4 is 19.3 Å². The predicted octanol–water partition coefficient (Wildman–Crippen LogP) is 1.56. The van der Waals surface area contributed by atoms with Crippen molar-refractivity contribution in [3.05, 3.63) is 66.1 Å². The number of amides is 2. The summed E-state index contributed by atoms with van der Waals surface area (Å²) in [5.74, 6) is -0.00199. The molecule has 2 aliphatic heterocycles. The molecule has 2 amide bonds. The molecule has 3 atom stereocenters. The summed E-state index contributed by atoms with van der Waals surface area (Å²) in [5, 5.41) is 13.9. The summed E-state index contributed by atoms with van der Waals surface area (Å²) >= 11 is -0.985. The van der Waals surface area contributed by atoms with Crippen LogP contribution in [0.1, 0.15) is 49.2 Å².